The summed E-state index contributed by atoms with van der Waals surface area (Å²) in [5.74, 6) is -0.0577. The van der Waals surface area contributed by atoms with Crippen LogP contribution in [0.25, 0.3) is 0 Å². The van der Waals surface area contributed by atoms with Crippen molar-refractivity contribution in [1.29, 1.82) is 5.26 Å². The SMILES string of the molecule is N#CC1CCCOC1c1csnn1. The molecule has 0 aromatic carbocycles. The van der Waals surface area contributed by atoms with Gasteiger partial charge in [-0.3, -0.25) is 0 Å². The van der Waals surface area contributed by atoms with Crippen LogP contribution in [-0.2, 0) is 4.74 Å². The van der Waals surface area contributed by atoms with Crippen LogP contribution in [0, 0.1) is 17.2 Å². The van der Waals surface area contributed by atoms with Crippen molar-refractivity contribution in [1.82, 2.24) is 9.59 Å². The van der Waals surface area contributed by atoms with E-state index in [4.69, 9.17) is 10.00 Å². The van der Waals surface area contributed by atoms with Gasteiger partial charge in [0, 0.05) is 12.0 Å². The Morgan fingerprint density at radius 1 is 1.69 bits per heavy atom. The van der Waals surface area contributed by atoms with Gasteiger partial charge in [-0.1, -0.05) is 4.49 Å². The Morgan fingerprint density at radius 3 is 3.31 bits per heavy atom. The maximum Gasteiger partial charge on any atom is 0.118 e. The highest BCUT2D eigenvalue weighted by Crippen LogP contribution is 2.32. The Kier molecular flexibility index (Phi) is 2.52. The van der Waals surface area contributed by atoms with Crippen molar-refractivity contribution in [3.8, 4) is 6.07 Å². The minimum atomic E-state index is -0.155. The maximum absolute atomic E-state index is 8.89. The standard InChI is InChI=1S/C8H9N3OS/c9-4-6-2-1-3-12-8(6)7-5-13-11-10-7/h5-6,8H,1-3H2. The summed E-state index contributed by atoms with van der Waals surface area (Å²) in [7, 11) is 0. The lowest BCUT2D eigenvalue weighted by atomic mass is 9.94. The van der Waals surface area contributed by atoms with Crippen molar-refractivity contribution in [2.45, 2.75) is 18.9 Å². The fraction of sp³-hybridized carbons (Fsp3) is 0.625. The molecule has 2 atom stereocenters. The van der Waals surface area contributed by atoms with Crippen molar-refractivity contribution in [2.24, 2.45) is 5.92 Å². The molecule has 4 nitrogen and oxygen atoms in total. The summed E-state index contributed by atoms with van der Waals surface area (Å²) in [4.78, 5) is 0. The number of ether oxygens (including phenoxy) is 1. The first-order valence-corrected chi connectivity index (χ1v) is 5.03. The molecule has 0 saturated carbocycles. The molecule has 0 amide bonds. The fourth-order valence-corrected chi connectivity index (χ4v) is 1.98. The zero-order chi connectivity index (χ0) is 9.10. The Labute approximate surface area is 80.3 Å². The van der Waals surface area contributed by atoms with Crippen LogP contribution >= 0.6 is 11.5 Å². The van der Waals surface area contributed by atoms with Crippen LogP contribution in [-0.4, -0.2) is 16.2 Å². The molecule has 2 unspecified atom stereocenters. The van der Waals surface area contributed by atoms with E-state index in [1.165, 1.54) is 11.5 Å². The molecule has 1 aromatic heterocycles. The molecule has 0 radical (unpaired) electrons. The first-order valence-electron chi connectivity index (χ1n) is 4.20. The maximum atomic E-state index is 8.89. The lowest BCUT2D eigenvalue weighted by Crippen LogP contribution is -2.21. The van der Waals surface area contributed by atoms with Gasteiger partial charge in [-0.2, -0.15) is 5.26 Å². The molecule has 1 fully saturated rings. The summed E-state index contributed by atoms with van der Waals surface area (Å²) in [5, 5.41) is 14.7. The summed E-state index contributed by atoms with van der Waals surface area (Å²) in [5.41, 5.74) is 0.802. The lowest BCUT2D eigenvalue weighted by Gasteiger charge is -2.25. The Morgan fingerprint density at radius 2 is 2.62 bits per heavy atom. The Balaban J connectivity index is 2.17. The average Bonchev–Trinajstić information content (AvgIpc) is 2.70. The van der Waals surface area contributed by atoms with E-state index in [1.807, 2.05) is 5.38 Å². The van der Waals surface area contributed by atoms with Crippen LogP contribution in [0.4, 0.5) is 0 Å². The van der Waals surface area contributed by atoms with E-state index in [9.17, 15) is 0 Å². The van der Waals surface area contributed by atoms with Crippen LogP contribution in [0.1, 0.15) is 24.6 Å². The quantitative estimate of drug-likeness (QED) is 0.681. The number of hydrogen-bond donors (Lipinski definition) is 0. The number of hydrogen-bond acceptors (Lipinski definition) is 5. The average molecular weight is 195 g/mol. The van der Waals surface area contributed by atoms with E-state index in [0.717, 1.165) is 25.1 Å². The van der Waals surface area contributed by atoms with E-state index in [2.05, 4.69) is 15.7 Å². The second-order valence-corrected chi connectivity index (χ2v) is 3.61. The van der Waals surface area contributed by atoms with Crippen molar-refractivity contribution in [3.63, 3.8) is 0 Å². The normalized spacial score (nSPS) is 28.2. The van der Waals surface area contributed by atoms with E-state index in [-0.39, 0.29) is 12.0 Å². The van der Waals surface area contributed by atoms with Gasteiger partial charge in [-0.05, 0) is 24.4 Å². The Bertz CT molecular complexity index is 306. The van der Waals surface area contributed by atoms with Crippen LogP contribution in [0.5, 0.6) is 0 Å². The van der Waals surface area contributed by atoms with Gasteiger partial charge < -0.3 is 4.74 Å². The van der Waals surface area contributed by atoms with Crippen LogP contribution in [0.15, 0.2) is 5.38 Å². The lowest BCUT2D eigenvalue weighted by molar-refractivity contribution is -0.0127. The van der Waals surface area contributed by atoms with Gasteiger partial charge in [0.25, 0.3) is 0 Å². The van der Waals surface area contributed by atoms with Gasteiger partial charge >= 0.3 is 0 Å². The molecule has 1 aliphatic heterocycles. The highest BCUT2D eigenvalue weighted by atomic mass is 32.1. The third-order valence-corrected chi connectivity index (χ3v) is 2.68. The predicted molar refractivity (Wildman–Crippen MR) is 46.9 cm³/mol. The van der Waals surface area contributed by atoms with Crippen LogP contribution in [0.2, 0.25) is 0 Å². The third kappa shape index (κ3) is 1.69. The monoisotopic (exact) mass is 195 g/mol. The summed E-state index contributed by atoms with van der Waals surface area (Å²) in [6.45, 7) is 0.723. The molecule has 0 bridgehead atoms. The predicted octanol–water partition coefficient (Wildman–Crippen LogP) is 1.53. The minimum Gasteiger partial charge on any atom is -0.370 e. The van der Waals surface area contributed by atoms with Crippen molar-refractivity contribution in [3.05, 3.63) is 11.1 Å². The van der Waals surface area contributed by atoms with Crippen LogP contribution in [0.3, 0.4) is 0 Å². The topological polar surface area (TPSA) is 58.8 Å². The number of nitrogens with zero attached hydrogens (tertiary/aromatic N) is 3. The van der Waals surface area contributed by atoms with Gasteiger partial charge in [0.2, 0.25) is 0 Å². The molecule has 2 heterocycles. The molecule has 1 aromatic rings. The van der Waals surface area contributed by atoms with E-state index in [0.29, 0.717) is 0 Å². The third-order valence-electron chi connectivity index (χ3n) is 2.16. The summed E-state index contributed by atoms with van der Waals surface area (Å²) < 4.78 is 9.28. The van der Waals surface area contributed by atoms with Crippen molar-refractivity contribution >= 4 is 11.5 Å². The van der Waals surface area contributed by atoms with Crippen molar-refractivity contribution < 1.29 is 4.74 Å². The van der Waals surface area contributed by atoms with Gasteiger partial charge in [-0.15, -0.1) is 5.10 Å². The minimum absolute atomic E-state index is 0.0577. The van der Waals surface area contributed by atoms with E-state index >= 15 is 0 Å². The molecule has 0 aliphatic carbocycles. The smallest absolute Gasteiger partial charge is 0.118 e. The molecule has 0 N–H and O–H groups in total. The highest BCUT2D eigenvalue weighted by Gasteiger charge is 2.28. The van der Waals surface area contributed by atoms with Gasteiger partial charge in [0.1, 0.15) is 11.8 Å². The molecule has 13 heavy (non-hydrogen) atoms. The summed E-state index contributed by atoms with van der Waals surface area (Å²) in [6, 6.07) is 2.25. The van der Waals surface area contributed by atoms with Gasteiger partial charge in [0.05, 0.1) is 12.0 Å². The molecule has 2 rings (SSSR count). The first-order chi connectivity index (χ1) is 6.42. The molecule has 5 heteroatoms. The molecular weight excluding hydrogens is 186 g/mol. The molecular formula is C8H9N3OS. The van der Waals surface area contributed by atoms with Crippen molar-refractivity contribution in [2.75, 3.05) is 6.61 Å². The zero-order valence-corrected chi connectivity index (χ0v) is 7.83. The summed E-state index contributed by atoms with van der Waals surface area (Å²) in [6.07, 6.45) is 1.71. The number of rotatable bonds is 1. The first kappa shape index (κ1) is 8.60. The number of aromatic nitrogens is 2. The van der Waals surface area contributed by atoms with E-state index in [1.54, 1.807) is 0 Å². The van der Waals surface area contributed by atoms with Gasteiger partial charge in [-0.25, -0.2) is 0 Å². The van der Waals surface area contributed by atoms with E-state index < -0.39 is 0 Å². The second kappa shape index (κ2) is 3.81. The number of nitriles is 1. The molecule has 1 aliphatic rings. The molecule has 1 saturated heterocycles. The second-order valence-electron chi connectivity index (χ2n) is 3.00. The highest BCUT2D eigenvalue weighted by molar-refractivity contribution is 7.03. The molecule has 68 valence electrons. The zero-order valence-electron chi connectivity index (χ0n) is 7.01. The Hall–Kier alpha value is -0.990. The molecule has 0 spiro atoms. The van der Waals surface area contributed by atoms with Crippen LogP contribution < -0.4 is 0 Å². The largest absolute Gasteiger partial charge is 0.370 e. The fourth-order valence-electron chi connectivity index (χ4n) is 1.50. The summed E-state index contributed by atoms with van der Waals surface area (Å²) >= 11 is 1.30. The van der Waals surface area contributed by atoms with Gasteiger partial charge in [0.15, 0.2) is 0 Å².